The first-order valence-electron chi connectivity index (χ1n) is 23.3. The number of esters is 1. The van der Waals surface area contributed by atoms with Crippen LogP contribution in [0.3, 0.4) is 0 Å². The van der Waals surface area contributed by atoms with Crippen LogP contribution in [0, 0.1) is 29.1 Å². The zero-order valence-corrected chi connectivity index (χ0v) is 32.5. The Morgan fingerprint density at radius 3 is 2.49 bits per heavy atom. The minimum absolute atomic E-state index is 0.0710. The number of nitrogens with one attached hydrogen (secondary N) is 1. The van der Waals surface area contributed by atoms with Gasteiger partial charge in [0.25, 0.3) is 0 Å². The fourth-order valence-corrected chi connectivity index (χ4v) is 9.34. The largest absolute Gasteiger partial charge is 0.494 e. The molecule has 3 fully saturated rings. The number of rotatable bonds is 9. The van der Waals surface area contributed by atoms with Gasteiger partial charge >= 0.3 is 12.1 Å². The number of pyridine rings is 1. The van der Waals surface area contributed by atoms with Crippen LogP contribution in [0.5, 0.6) is 11.6 Å². The van der Waals surface area contributed by atoms with E-state index < -0.39 is 126 Å². The maximum Gasteiger partial charge on any atom is 0.427 e. The Labute approximate surface area is 343 Å². The molecule has 1 aromatic carbocycles. The Morgan fingerprint density at radius 1 is 1.11 bits per heavy atom. The summed E-state index contributed by atoms with van der Waals surface area (Å²) in [6.45, 7) is -4.48. The molecule has 1 N–H and O–H groups in total. The van der Waals surface area contributed by atoms with Crippen molar-refractivity contribution in [2.75, 3.05) is 13.6 Å². The number of alkyl halides is 3. The number of aromatic nitrogens is 1. The van der Waals surface area contributed by atoms with Crippen molar-refractivity contribution in [3.63, 3.8) is 0 Å². The number of allylic oxidation sites excluding steroid dienone is 2. The van der Waals surface area contributed by atoms with Crippen molar-refractivity contribution in [1.29, 1.82) is 0 Å². The van der Waals surface area contributed by atoms with Gasteiger partial charge in [-0.3, -0.25) is 23.9 Å². The maximum atomic E-state index is 15.0. The molecule has 6 rings (SSSR count). The van der Waals surface area contributed by atoms with E-state index in [9.17, 15) is 36.0 Å². The molecule has 16 heteroatoms. The standard InChI is InChI=1S/C41H52F3N3O9S/c1-24-11-7-8-12-26-20-40(26,37(51)46-57(52,53)39(5)15-16-39)21-32(48)31-18-27(55-35-29-14-10-9-13-28(29)33(54-6)22-45-35)23-47(31)36(50)30(25(2)17-24)19-34(49)56-38(3,4)41(42,43)44/h8-10,12-14,22,24-27,30-31H,7,11,15-21,23H2,1-6H3,(H,46,51)/b12-8-/t24-,25+,26+,27+,30-,31-,40+/m0/s1/i3D3,4D3,6D3. The van der Waals surface area contributed by atoms with E-state index in [0.717, 1.165) is 11.1 Å². The van der Waals surface area contributed by atoms with Crippen LogP contribution in [0.1, 0.15) is 105 Å². The number of nitrogens with zero attached hydrogens (tertiary/aromatic N) is 2. The molecule has 2 aliphatic carbocycles. The van der Waals surface area contributed by atoms with Crippen molar-refractivity contribution in [2.45, 2.75) is 121 Å². The molecular formula is C41H52F3N3O9S. The third kappa shape index (κ3) is 8.66. The summed E-state index contributed by atoms with van der Waals surface area (Å²) < 4.78 is 156. The topological polar surface area (TPSA) is 158 Å². The second kappa shape index (κ2) is 15.5. The van der Waals surface area contributed by atoms with Gasteiger partial charge in [0.2, 0.25) is 33.3 Å². The quantitative estimate of drug-likeness (QED) is 0.220. The van der Waals surface area contributed by atoms with Crippen LogP contribution >= 0.6 is 0 Å². The average Bonchev–Trinajstić information content (AvgIpc) is 4.06. The summed E-state index contributed by atoms with van der Waals surface area (Å²) in [7, 11) is -7.00. The van der Waals surface area contributed by atoms with E-state index in [1.54, 1.807) is 36.4 Å². The van der Waals surface area contributed by atoms with Crippen LogP contribution in [-0.2, 0) is 33.9 Å². The van der Waals surface area contributed by atoms with E-state index in [4.69, 9.17) is 21.8 Å². The number of methoxy groups -OCH3 is 1. The highest BCUT2D eigenvalue weighted by atomic mass is 32.2. The van der Waals surface area contributed by atoms with Gasteiger partial charge in [0.1, 0.15) is 11.9 Å². The molecule has 12 nitrogen and oxygen atoms in total. The normalized spacial score (nSPS) is 32.9. The summed E-state index contributed by atoms with van der Waals surface area (Å²) in [5, 5.41) is 0.551. The smallest absolute Gasteiger partial charge is 0.427 e. The Morgan fingerprint density at radius 2 is 1.82 bits per heavy atom. The predicted octanol–water partition coefficient (Wildman–Crippen LogP) is 6.46. The van der Waals surface area contributed by atoms with Crippen LogP contribution in [0.2, 0.25) is 0 Å². The summed E-state index contributed by atoms with van der Waals surface area (Å²) >= 11 is 0. The maximum absolute atomic E-state index is 15.0. The lowest BCUT2D eigenvalue weighted by molar-refractivity contribution is -0.257. The lowest BCUT2D eigenvalue weighted by Gasteiger charge is -2.33. The molecule has 7 atom stereocenters. The van der Waals surface area contributed by atoms with E-state index in [2.05, 4.69) is 14.4 Å². The van der Waals surface area contributed by atoms with Gasteiger partial charge in [0, 0.05) is 31.8 Å². The molecule has 0 bridgehead atoms. The highest BCUT2D eigenvalue weighted by Gasteiger charge is 2.63. The fraction of sp³-hybridized carbons (Fsp3) is 0.634. The first kappa shape index (κ1) is 31.7. The highest BCUT2D eigenvalue weighted by molar-refractivity contribution is 7.91. The molecule has 0 spiro atoms. The molecular weight excluding hydrogens is 768 g/mol. The Hall–Kier alpha value is -4.21. The van der Waals surface area contributed by atoms with Crippen molar-refractivity contribution in [3.8, 4) is 11.6 Å². The molecule has 2 saturated carbocycles. The second-order valence-electron chi connectivity index (χ2n) is 16.3. The SMILES string of the molecule is [2H]C([2H])([2H])Oc1cnc(O[C@@H]2C[C@H]3C(=O)C[C@]4(C(=O)NS(=O)(=O)C5(C)CC5)C[C@H]4/C=C\CC[C@H](C)C[C@@H](C)[C@H](CC(=O)OC(C([2H])([2H])[2H])(C([2H])([2H])[2H])C(F)(F)F)C(=O)N3C2)c2ccccc12. The van der Waals surface area contributed by atoms with Crippen LogP contribution in [0.25, 0.3) is 10.8 Å². The van der Waals surface area contributed by atoms with Crippen LogP contribution in [0.4, 0.5) is 13.2 Å². The van der Waals surface area contributed by atoms with E-state index in [1.807, 2.05) is 6.92 Å². The van der Waals surface area contributed by atoms with Crippen LogP contribution < -0.4 is 14.2 Å². The molecule has 0 radical (unpaired) electrons. The van der Waals surface area contributed by atoms with E-state index >= 15 is 4.79 Å². The average molecular weight is 829 g/mol. The summed E-state index contributed by atoms with van der Waals surface area (Å²) in [6.07, 6.45) is -2.86. The fourth-order valence-electron chi connectivity index (χ4n) is 8.01. The second-order valence-corrected chi connectivity index (χ2v) is 18.5. The van der Waals surface area contributed by atoms with Gasteiger partial charge in [-0.25, -0.2) is 13.4 Å². The molecule has 2 aliphatic heterocycles. The van der Waals surface area contributed by atoms with Gasteiger partial charge in [0.05, 0.1) is 52.4 Å². The summed E-state index contributed by atoms with van der Waals surface area (Å²) in [6, 6.07) is 4.86. The molecule has 312 valence electrons. The first-order valence-corrected chi connectivity index (χ1v) is 20.3. The van der Waals surface area contributed by atoms with Crippen molar-refractivity contribution >= 4 is 44.4 Å². The van der Waals surface area contributed by atoms with Crippen molar-refractivity contribution in [3.05, 3.63) is 42.6 Å². The van der Waals surface area contributed by atoms with Crippen LogP contribution in [-0.4, -0.2) is 84.1 Å². The number of amides is 2. The third-order valence-corrected chi connectivity index (χ3v) is 14.1. The molecule has 2 amide bonds. The van der Waals surface area contributed by atoms with E-state index in [-0.39, 0.29) is 47.6 Å². The molecule has 3 heterocycles. The van der Waals surface area contributed by atoms with Gasteiger partial charge in [-0.15, -0.1) is 0 Å². The van der Waals surface area contributed by atoms with Crippen molar-refractivity contribution in [2.24, 2.45) is 29.1 Å². The number of ketones is 1. The number of hydrogen-bond acceptors (Lipinski definition) is 10. The van der Waals surface area contributed by atoms with E-state index in [1.165, 1.54) is 13.8 Å². The number of fused-ring (bicyclic) bond motifs is 3. The number of benzene rings is 1. The van der Waals surface area contributed by atoms with Gasteiger partial charge in [-0.1, -0.05) is 44.2 Å². The molecule has 4 aliphatic rings. The molecule has 0 unspecified atom stereocenters. The highest BCUT2D eigenvalue weighted by Crippen LogP contribution is 2.58. The van der Waals surface area contributed by atoms with Gasteiger partial charge in [0.15, 0.2) is 5.78 Å². The summed E-state index contributed by atoms with van der Waals surface area (Å²) in [5.41, 5.74) is -6.52. The molecule has 2 aromatic rings. The first-order chi connectivity index (χ1) is 30.3. The predicted molar refractivity (Wildman–Crippen MR) is 203 cm³/mol. The number of carbonyl (C=O) groups excluding carboxylic acids is 4. The number of halogens is 3. The van der Waals surface area contributed by atoms with Gasteiger partial charge in [-0.05, 0) is 83.0 Å². The minimum Gasteiger partial charge on any atom is -0.494 e. The number of sulfonamides is 1. The summed E-state index contributed by atoms with van der Waals surface area (Å²) in [5.74, 6) is -8.02. The van der Waals surface area contributed by atoms with Crippen molar-refractivity contribution in [1.82, 2.24) is 14.6 Å². The third-order valence-electron chi connectivity index (χ3n) is 12.0. The number of carbonyl (C=O) groups is 4. The van der Waals surface area contributed by atoms with Crippen LogP contribution in [0.15, 0.2) is 42.6 Å². The van der Waals surface area contributed by atoms with E-state index in [0.29, 0.717) is 25.7 Å². The zero-order chi connectivity index (χ0) is 49.2. The lowest BCUT2D eigenvalue weighted by atomic mass is 9.82. The number of hydrogen-bond donors (Lipinski definition) is 1. The lowest BCUT2D eigenvalue weighted by Crippen LogP contribution is -2.48. The number of Topliss-reactive ketones (excluding diaryl/α,β-unsaturated/α-hetero) is 1. The van der Waals surface area contributed by atoms with Gasteiger partial charge < -0.3 is 19.1 Å². The molecule has 1 aromatic heterocycles. The zero-order valence-electron chi connectivity index (χ0n) is 40.7. The Bertz CT molecular complexity index is 2340. The van der Waals surface area contributed by atoms with Crippen molar-refractivity contribution < 1.29 is 67.3 Å². The minimum atomic E-state index is -6.14. The number of ether oxygens (including phenoxy) is 3. The summed E-state index contributed by atoms with van der Waals surface area (Å²) in [4.78, 5) is 62.8. The molecule has 57 heavy (non-hydrogen) atoms. The Kier molecular flexibility index (Phi) is 8.64. The van der Waals surface area contributed by atoms with Gasteiger partial charge in [-0.2, -0.15) is 13.2 Å². The monoisotopic (exact) mass is 828 g/mol. The Balaban J connectivity index is 1.40. The molecule has 1 saturated heterocycles.